The molecule has 1 aromatic heterocycles. The van der Waals surface area contributed by atoms with Crippen molar-refractivity contribution in [2.75, 3.05) is 25.9 Å². The van der Waals surface area contributed by atoms with Crippen LogP contribution in [-0.4, -0.2) is 59.7 Å². The largest absolute Gasteiger partial charge is 0.352 e. The van der Waals surface area contributed by atoms with Gasteiger partial charge in [-0.15, -0.1) is 24.0 Å². The zero-order valence-electron chi connectivity index (χ0n) is 15.3. The van der Waals surface area contributed by atoms with Gasteiger partial charge in [-0.3, -0.25) is 9.67 Å². The van der Waals surface area contributed by atoms with Crippen molar-refractivity contribution in [2.45, 2.75) is 39.0 Å². The smallest absolute Gasteiger partial charge is 0.193 e. The molecule has 0 aromatic carbocycles. The Balaban J connectivity index is 0.00000288. The fourth-order valence-electron chi connectivity index (χ4n) is 2.90. The van der Waals surface area contributed by atoms with Crippen molar-refractivity contribution in [1.82, 2.24) is 20.0 Å². The summed E-state index contributed by atoms with van der Waals surface area (Å²) >= 11 is 0. The Morgan fingerprint density at radius 3 is 2.46 bits per heavy atom. The van der Waals surface area contributed by atoms with Crippen LogP contribution in [0, 0.1) is 13.8 Å². The summed E-state index contributed by atoms with van der Waals surface area (Å²) in [6.07, 6.45) is 0. The predicted molar refractivity (Wildman–Crippen MR) is 108 cm³/mol. The van der Waals surface area contributed by atoms with Crippen LogP contribution in [0.1, 0.15) is 30.8 Å². The number of nitrogens with zero attached hydrogens (tertiary/aromatic N) is 4. The molecule has 0 radical (unpaired) electrons. The summed E-state index contributed by atoms with van der Waals surface area (Å²) in [6, 6.07) is 0. The highest BCUT2D eigenvalue weighted by Crippen LogP contribution is 2.23. The quantitative estimate of drug-likeness (QED) is 0.401. The fourth-order valence-corrected chi connectivity index (χ4v) is 4.26. The maximum Gasteiger partial charge on any atom is 0.193 e. The maximum atomic E-state index is 12.1. The van der Waals surface area contributed by atoms with Gasteiger partial charge in [0.25, 0.3) is 0 Å². The number of hydrogen-bond acceptors (Lipinski definition) is 4. The topological polar surface area (TPSA) is 79.6 Å². The van der Waals surface area contributed by atoms with E-state index in [0.29, 0.717) is 19.6 Å². The average molecular weight is 469 g/mol. The molecular formula is C15H28IN5O2S. The van der Waals surface area contributed by atoms with E-state index in [1.165, 1.54) is 0 Å². The van der Waals surface area contributed by atoms with Crippen LogP contribution in [0.15, 0.2) is 4.99 Å². The number of sulfone groups is 1. The molecule has 0 atom stereocenters. The Labute approximate surface area is 161 Å². The predicted octanol–water partition coefficient (Wildman–Crippen LogP) is 1.24. The van der Waals surface area contributed by atoms with Crippen molar-refractivity contribution in [3.8, 4) is 0 Å². The first-order valence-corrected chi connectivity index (χ1v) is 9.41. The molecule has 0 unspecified atom stereocenters. The summed E-state index contributed by atoms with van der Waals surface area (Å²) in [5.41, 5.74) is 3.26. The number of halogens is 1. The first kappa shape index (κ1) is 21.2. The van der Waals surface area contributed by atoms with Crippen LogP contribution in [0.2, 0.25) is 0 Å². The van der Waals surface area contributed by atoms with E-state index in [-0.39, 0.29) is 29.7 Å². The molecule has 9 heteroatoms. The number of rotatable bonds is 2. The van der Waals surface area contributed by atoms with Crippen LogP contribution in [0.25, 0.3) is 0 Å². The molecule has 2 heterocycles. The van der Waals surface area contributed by atoms with E-state index in [9.17, 15) is 8.42 Å². The van der Waals surface area contributed by atoms with Crippen LogP contribution in [0.3, 0.4) is 0 Å². The zero-order valence-corrected chi connectivity index (χ0v) is 18.4. The van der Waals surface area contributed by atoms with E-state index in [0.717, 1.165) is 22.9 Å². The first-order chi connectivity index (χ1) is 10.6. The van der Waals surface area contributed by atoms with Crippen molar-refractivity contribution in [1.29, 1.82) is 0 Å². The molecule has 0 amide bonds. The summed E-state index contributed by atoms with van der Waals surface area (Å²) in [6.45, 7) is 9.12. The van der Waals surface area contributed by atoms with Gasteiger partial charge in [-0.25, -0.2) is 8.42 Å². The average Bonchev–Trinajstić information content (AvgIpc) is 2.69. The Morgan fingerprint density at radius 1 is 1.38 bits per heavy atom. The molecular weight excluding hydrogens is 441 g/mol. The lowest BCUT2D eigenvalue weighted by Crippen LogP contribution is -2.57. The minimum Gasteiger partial charge on any atom is -0.352 e. The third-order valence-corrected chi connectivity index (χ3v) is 7.17. The zero-order chi connectivity index (χ0) is 17.4. The molecule has 1 aromatic rings. The molecule has 0 aliphatic carbocycles. The van der Waals surface area contributed by atoms with Gasteiger partial charge in [-0.2, -0.15) is 5.10 Å². The summed E-state index contributed by atoms with van der Waals surface area (Å²) in [5, 5.41) is 7.76. The Bertz CT molecular complexity index is 724. The van der Waals surface area contributed by atoms with Gasteiger partial charge in [-0.05, 0) is 27.7 Å². The van der Waals surface area contributed by atoms with Gasteiger partial charge >= 0.3 is 0 Å². The van der Waals surface area contributed by atoms with Gasteiger partial charge < -0.3 is 10.2 Å². The summed E-state index contributed by atoms with van der Waals surface area (Å²) in [5.74, 6) is 0.890. The molecule has 2 rings (SSSR count). The van der Waals surface area contributed by atoms with Crippen LogP contribution < -0.4 is 5.32 Å². The van der Waals surface area contributed by atoms with E-state index in [2.05, 4.69) is 15.4 Å². The lowest BCUT2D eigenvalue weighted by atomic mass is 10.2. The molecule has 1 N–H and O–H groups in total. The number of nitrogens with one attached hydrogen (secondary N) is 1. The van der Waals surface area contributed by atoms with Gasteiger partial charge in [0.15, 0.2) is 15.8 Å². The molecule has 1 fully saturated rings. The lowest BCUT2D eigenvalue weighted by molar-refractivity contribution is 0.353. The van der Waals surface area contributed by atoms with Gasteiger partial charge in [-0.1, -0.05) is 0 Å². The molecule has 1 saturated heterocycles. The number of aromatic nitrogens is 2. The number of hydrogen-bond donors (Lipinski definition) is 1. The minimum absolute atomic E-state index is 0. The van der Waals surface area contributed by atoms with Crippen molar-refractivity contribution in [3.63, 3.8) is 0 Å². The first-order valence-electron chi connectivity index (χ1n) is 7.76. The van der Waals surface area contributed by atoms with Crippen molar-refractivity contribution in [2.24, 2.45) is 12.0 Å². The van der Waals surface area contributed by atoms with Gasteiger partial charge in [0.2, 0.25) is 0 Å². The number of aliphatic imine (C=N–C) groups is 1. The maximum absolute atomic E-state index is 12.1. The minimum atomic E-state index is -3.05. The van der Waals surface area contributed by atoms with Crippen LogP contribution in [0.5, 0.6) is 0 Å². The highest BCUT2D eigenvalue weighted by atomic mass is 127. The standard InChI is InChI=1S/C15H27N5O2S.HI/c1-11-13(12(2)19(6)18-11)9-17-14(16-5)20-7-8-23(21,22)15(3,4)10-20;/h7-10H2,1-6H3,(H,16,17);1H. The number of aryl methyl sites for hydroxylation is 2. The van der Waals surface area contributed by atoms with Crippen LogP contribution >= 0.6 is 24.0 Å². The molecule has 0 bridgehead atoms. The molecule has 1 aliphatic rings. The molecule has 7 nitrogen and oxygen atoms in total. The summed E-state index contributed by atoms with van der Waals surface area (Å²) in [7, 11) is 0.602. The molecule has 0 spiro atoms. The molecule has 138 valence electrons. The van der Waals surface area contributed by atoms with Crippen molar-refractivity contribution in [3.05, 3.63) is 17.0 Å². The second-order valence-electron chi connectivity index (χ2n) is 6.67. The van der Waals surface area contributed by atoms with Gasteiger partial charge in [0, 0.05) is 45.0 Å². The Kier molecular flexibility index (Phi) is 6.70. The second kappa shape index (κ2) is 7.59. The lowest BCUT2D eigenvalue weighted by Gasteiger charge is -2.39. The molecule has 0 saturated carbocycles. The second-order valence-corrected chi connectivity index (χ2v) is 9.42. The summed E-state index contributed by atoms with van der Waals surface area (Å²) in [4.78, 5) is 6.33. The Hall–Kier alpha value is -0.840. The summed E-state index contributed by atoms with van der Waals surface area (Å²) < 4.78 is 25.4. The van der Waals surface area contributed by atoms with Crippen LogP contribution in [-0.2, 0) is 23.4 Å². The van der Waals surface area contributed by atoms with E-state index in [1.54, 1.807) is 20.9 Å². The van der Waals surface area contributed by atoms with Crippen LogP contribution in [0.4, 0.5) is 0 Å². The monoisotopic (exact) mass is 469 g/mol. The van der Waals surface area contributed by atoms with Crippen molar-refractivity contribution >= 4 is 39.8 Å². The van der Waals surface area contributed by atoms with E-state index < -0.39 is 14.6 Å². The van der Waals surface area contributed by atoms with Gasteiger partial charge in [0.1, 0.15) is 0 Å². The molecule has 24 heavy (non-hydrogen) atoms. The number of guanidine groups is 1. The normalized spacial score (nSPS) is 19.8. The highest BCUT2D eigenvalue weighted by Gasteiger charge is 2.40. The molecule has 1 aliphatic heterocycles. The van der Waals surface area contributed by atoms with E-state index in [4.69, 9.17) is 0 Å². The fraction of sp³-hybridized carbons (Fsp3) is 0.733. The van der Waals surface area contributed by atoms with E-state index in [1.807, 2.05) is 30.5 Å². The SMILES string of the molecule is CN=C(NCc1c(C)nn(C)c1C)N1CCS(=O)(=O)C(C)(C)C1.I. The third kappa shape index (κ3) is 4.04. The highest BCUT2D eigenvalue weighted by molar-refractivity contribution is 14.0. The van der Waals surface area contributed by atoms with Crippen molar-refractivity contribution < 1.29 is 8.42 Å². The van der Waals surface area contributed by atoms with Gasteiger partial charge in [0.05, 0.1) is 16.2 Å². The van der Waals surface area contributed by atoms with E-state index >= 15 is 0 Å². The Morgan fingerprint density at radius 2 is 2.00 bits per heavy atom. The third-order valence-electron chi connectivity index (χ3n) is 4.64.